The molecule has 3 fully saturated rings. The van der Waals surface area contributed by atoms with Crippen molar-refractivity contribution < 1.29 is 49.8 Å². The van der Waals surface area contributed by atoms with Crippen LogP contribution in [0.25, 0.3) is 0 Å². The van der Waals surface area contributed by atoms with E-state index in [-0.39, 0.29) is 23.4 Å². The Kier molecular flexibility index (Phi) is 9.80. The van der Waals surface area contributed by atoms with Gasteiger partial charge < -0.3 is 9.84 Å². The van der Waals surface area contributed by atoms with E-state index in [4.69, 9.17) is 26.2 Å². The lowest BCUT2D eigenvalue weighted by atomic mass is 9.98. The van der Waals surface area contributed by atoms with Crippen LogP contribution in [0.15, 0.2) is 30.3 Å². The summed E-state index contributed by atoms with van der Waals surface area (Å²) in [6.45, 7) is 2.26. The van der Waals surface area contributed by atoms with Crippen LogP contribution in [-0.4, -0.2) is 67.5 Å². The number of nitrogens with one attached hydrogen (secondary N) is 1. The number of alkyl halides is 3. The number of carboxylic acid groups (broad SMARTS) is 1. The molecule has 0 bridgehead atoms. The van der Waals surface area contributed by atoms with Gasteiger partial charge in [0, 0.05) is 31.1 Å². The number of rotatable bonds is 8. The molecule has 1 heterocycles. The number of sulfonamides is 1. The van der Waals surface area contributed by atoms with Crippen molar-refractivity contribution in [2.45, 2.75) is 62.1 Å². The molecule has 2 aromatic carbocycles. The molecule has 3 aliphatic rings. The van der Waals surface area contributed by atoms with Crippen LogP contribution in [0.2, 0.25) is 5.02 Å². The Morgan fingerprint density at radius 1 is 1.07 bits per heavy atom. The fourth-order valence-electron chi connectivity index (χ4n) is 4.58. The minimum absolute atomic E-state index is 0.140. The van der Waals surface area contributed by atoms with Crippen LogP contribution in [-0.2, 0) is 32.5 Å². The molecule has 0 aromatic heterocycles. The lowest BCUT2D eigenvalue weighted by Crippen LogP contribution is -2.43. The van der Waals surface area contributed by atoms with E-state index in [1.54, 1.807) is 6.07 Å². The molecule has 8 nitrogen and oxygen atoms in total. The maximum atomic E-state index is 15.0. The van der Waals surface area contributed by atoms with Gasteiger partial charge in [0.25, 0.3) is 5.91 Å². The Balaban J connectivity index is 0.000000517. The molecule has 15 heteroatoms. The highest BCUT2D eigenvalue weighted by Crippen LogP contribution is 2.43. The predicted molar refractivity (Wildman–Crippen MR) is 142 cm³/mol. The van der Waals surface area contributed by atoms with Crippen molar-refractivity contribution in [3.8, 4) is 0 Å². The van der Waals surface area contributed by atoms with Crippen molar-refractivity contribution in [3.05, 3.63) is 69.2 Å². The van der Waals surface area contributed by atoms with Crippen LogP contribution in [0.4, 0.5) is 22.0 Å². The second-order valence-electron chi connectivity index (χ2n) is 10.5. The standard InChI is InChI=1S/C25H27ClF2N2O4S.C2HF3O2/c26-23-11-18(27)4-3-16(23)9-19-14-30(7-8-34-19)13-17-10-24(28)22(12-21(17)15-1-2-15)25(31)29-35(32,33)20-5-6-20;3-2(4,5)1(6)7/h3-4,10-12,15,19-20H,1-2,5-9,13-14H2,(H,29,31);(H,6,7). The Labute approximate surface area is 243 Å². The normalized spacial score (nSPS) is 19.5. The van der Waals surface area contributed by atoms with Gasteiger partial charge in [-0.1, -0.05) is 17.7 Å². The van der Waals surface area contributed by atoms with Gasteiger partial charge in [-0.15, -0.1) is 0 Å². The van der Waals surface area contributed by atoms with Gasteiger partial charge in [0.1, 0.15) is 11.6 Å². The van der Waals surface area contributed by atoms with Gasteiger partial charge in [-0.3, -0.25) is 9.69 Å². The molecule has 1 aliphatic heterocycles. The van der Waals surface area contributed by atoms with Gasteiger partial charge >= 0.3 is 12.1 Å². The van der Waals surface area contributed by atoms with E-state index in [1.807, 2.05) is 4.72 Å². The largest absolute Gasteiger partial charge is 0.490 e. The molecular formula is C27H28ClF5N2O6S. The first-order chi connectivity index (χ1) is 19.6. The number of halogens is 6. The summed E-state index contributed by atoms with van der Waals surface area (Å²) in [5, 5.41) is 6.93. The van der Waals surface area contributed by atoms with Gasteiger partial charge in [0.2, 0.25) is 10.0 Å². The molecule has 1 saturated heterocycles. The third-order valence-electron chi connectivity index (χ3n) is 7.01. The summed E-state index contributed by atoms with van der Waals surface area (Å²) in [4.78, 5) is 23.6. The molecule has 2 N–H and O–H groups in total. The highest BCUT2D eigenvalue weighted by atomic mass is 35.5. The smallest absolute Gasteiger partial charge is 0.475 e. The molecule has 2 aromatic rings. The van der Waals surface area contributed by atoms with E-state index < -0.39 is 39.1 Å². The number of nitrogens with zero attached hydrogens (tertiary/aromatic N) is 1. The summed E-state index contributed by atoms with van der Waals surface area (Å²) < 4.78 is 92.3. The highest BCUT2D eigenvalue weighted by molar-refractivity contribution is 7.91. The summed E-state index contributed by atoms with van der Waals surface area (Å²) >= 11 is 6.17. The zero-order valence-corrected chi connectivity index (χ0v) is 23.7. The van der Waals surface area contributed by atoms with Crippen LogP contribution in [0.3, 0.4) is 0 Å². The first-order valence-electron chi connectivity index (χ1n) is 13.1. The first kappa shape index (κ1) is 32.1. The summed E-state index contributed by atoms with van der Waals surface area (Å²) in [6.07, 6.45) is -1.74. The van der Waals surface area contributed by atoms with Crippen molar-refractivity contribution in [3.63, 3.8) is 0 Å². The van der Waals surface area contributed by atoms with E-state index in [2.05, 4.69) is 4.90 Å². The van der Waals surface area contributed by atoms with E-state index in [0.29, 0.717) is 50.5 Å². The molecule has 2 saturated carbocycles. The number of carbonyl (C=O) groups is 2. The Morgan fingerprint density at radius 3 is 2.31 bits per heavy atom. The van der Waals surface area contributed by atoms with Gasteiger partial charge in [-0.25, -0.2) is 26.7 Å². The molecule has 1 atom stereocenters. The van der Waals surface area contributed by atoms with Crippen LogP contribution >= 0.6 is 11.6 Å². The summed E-state index contributed by atoms with van der Waals surface area (Å²) in [6, 6.07) is 7.22. The molecule has 1 unspecified atom stereocenters. The zero-order chi connectivity index (χ0) is 30.8. The number of hydrogen-bond acceptors (Lipinski definition) is 6. The minimum Gasteiger partial charge on any atom is -0.475 e. The minimum atomic E-state index is -5.08. The van der Waals surface area contributed by atoms with Crippen LogP contribution < -0.4 is 4.72 Å². The van der Waals surface area contributed by atoms with Gasteiger partial charge in [-0.05, 0) is 72.6 Å². The van der Waals surface area contributed by atoms with Crippen molar-refractivity contribution >= 4 is 33.5 Å². The maximum Gasteiger partial charge on any atom is 0.490 e. The fraction of sp³-hybridized carbons (Fsp3) is 0.481. The lowest BCUT2D eigenvalue weighted by molar-refractivity contribution is -0.192. The Bertz CT molecular complexity index is 1450. The topological polar surface area (TPSA) is 113 Å². The van der Waals surface area contributed by atoms with E-state index >= 15 is 4.39 Å². The molecule has 42 heavy (non-hydrogen) atoms. The highest BCUT2D eigenvalue weighted by Gasteiger charge is 2.39. The zero-order valence-electron chi connectivity index (χ0n) is 22.1. The van der Waals surface area contributed by atoms with Gasteiger partial charge in [0.15, 0.2) is 0 Å². The second-order valence-corrected chi connectivity index (χ2v) is 12.8. The predicted octanol–water partition coefficient (Wildman–Crippen LogP) is 4.79. The lowest BCUT2D eigenvalue weighted by Gasteiger charge is -2.33. The molecule has 0 spiro atoms. The molecule has 0 radical (unpaired) electrons. The number of amides is 1. The SMILES string of the molecule is O=C(NS(=O)(=O)C1CC1)c1cc(C2CC2)c(CN2CCOC(Cc3ccc(F)cc3Cl)C2)cc1F.O=C(O)C(F)(F)F. The average Bonchev–Trinajstić information content (AvgIpc) is 3.79. The third-order valence-corrected chi connectivity index (χ3v) is 9.18. The number of hydrogen-bond donors (Lipinski definition) is 2. The fourth-order valence-corrected chi connectivity index (χ4v) is 6.12. The molecule has 2 aliphatic carbocycles. The Morgan fingerprint density at radius 2 is 1.74 bits per heavy atom. The van der Waals surface area contributed by atoms with Gasteiger partial charge in [-0.2, -0.15) is 13.2 Å². The monoisotopic (exact) mass is 638 g/mol. The third kappa shape index (κ3) is 8.62. The number of carbonyl (C=O) groups excluding carboxylic acids is 1. The average molecular weight is 639 g/mol. The molecule has 5 rings (SSSR count). The first-order valence-corrected chi connectivity index (χ1v) is 15.0. The maximum absolute atomic E-state index is 15.0. The van der Waals surface area contributed by atoms with Gasteiger partial charge in [0.05, 0.1) is 23.5 Å². The molecule has 1 amide bonds. The summed E-state index contributed by atoms with van der Waals surface area (Å²) in [5.74, 6) is -4.54. The van der Waals surface area contributed by atoms with Crippen LogP contribution in [0.5, 0.6) is 0 Å². The van der Waals surface area contributed by atoms with Crippen molar-refractivity contribution in [1.82, 2.24) is 9.62 Å². The van der Waals surface area contributed by atoms with Crippen molar-refractivity contribution in [2.75, 3.05) is 19.7 Å². The summed E-state index contributed by atoms with van der Waals surface area (Å²) in [5.41, 5.74) is 2.27. The summed E-state index contributed by atoms with van der Waals surface area (Å²) in [7, 11) is -3.76. The van der Waals surface area contributed by atoms with Crippen LogP contribution in [0.1, 0.15) is 58.6 Å². The van der Waals surface area contributed by atoms with E-state index in [9.17, 15) is 30.8 Å². The van der Waals surface area contributed by atoms with Crippen LogP contribution in [0, 0.1) is 11.6 Å². The molecular weight excluding hydrogens is 611 g/mol. The van der Waals surface area contributed by atoms with Crippen molar-refractivity contribution in [2.24, 2.45) is 0 Å². The van der Waals surface area contributed by atoms with Crippen molar-refractivity contribution in [1.29, 1.82) is 0 Å². The quantitative estimate of drug-likeness (QED) is 0.400. The number of benzene rings is 2. The number of aliphatic carboxylic acids is 1. The number of morpholine rings is 1. The molecule has 230 valence electrons. The van der Waals surface area contributed by atoms with E-state index in [1.165, 1.54) is 24.3 Å². The number of carboxylic acids is 1. The van der Waals surface area contributed by atoms with E-state index in [0.717, 1.165) is 29.5 Å². The second kappa shape index (κ2) is 12.8. The number of ether oxygens (including phenoxy) is 1. The Hall–Kier alpha value is -2.81.